The number of hydrogen-bond donors (Lipinski definition) is 6. The molecule has 0 radical (unpaired) electrons. The molecule has 0 saturated carbocycles. The number of aliphatic hydroxyl groups excluding tert-OH is 4. The second kappa shape index (κ2) is 5.81. The summed E-state index contributed by atoms with van der Waals surface area (Å²) in [6, 6.07) is 3.42. The van der Waals surface area contributed by atoms with Gasteiger partial charge in [0.15, 0.2) is 0 Å². The molecule has 1 saturated heterocycles. The first-order chi connectivity index (χ1) is 9.42. The Kier molecular flexibility index (Phi) is 4.31. The number of aromatic hydroxyl groups is 2. The topological polar surface area (TPSA) is 140 Å². The average Bonchev–Trinajstić information content (AvgIpc) is 2.38. The van der Waals surface area contributed by atoms with Gasteiger partial charge in [0.05, 0.1) is 6.61 Å². The van der Waals surface area contributed by atoms with Gasteiger partial charge in [-0.1, -0.05) is 0 Å². The van der Waals surface area contributed by atoms with Gasteiger partial charge in [0.2, 0.25) is 6.29 Å². The highest BCUT2D eigenvalue weighted by Gasteiger charge is 2.44. The molecule has 1 aliphatic rings. The van der Waals surface area contributed by atoms with E-state index < -0.39 is 37.3 Å². The highest BCUT2D eigenvalue weighted by atomic mass is 16.7. The van der Waals surface area contributed by atoms with E-state index in [0.29, 0.717) is 0 Å². The Bertz CT molecular complexity index is 443. The van der Waals surface area contributed by atoms with Crippen LogP contribution in [0.2, 0.25) is 0 Å². The van der Waals surface area contributed by atoms with Crippen LogP contribution in [0.4, 0.5) is 0 Å². The van der Waals surface area contributed by atoms with Crippen molar-refractivity contribution in [2.75, 3.05) is 6.61 Å². The lowest BCUT2D eigenvalue weighted by Gasteiger charge is -2.39. The van der Waals surface area contributed by atoms with Gasteiger partial charge in [-0.2, -0.15) is 0 Å². The van der Waals surface area contributed by atoms with Gasteiger partial charge < -0.3 is 40.1 Å². The highest BCUT2D eigenvalue weighted by molar-refractivity contribution is 5.40. The smallest absolute Gasteiger partial charge is 0.229 e. The predicted molar refractivity (Wildman–Crippen MR) is 64.2 cm³/mol. The minimum atomic E-state index is -1.56. The van der Waals surface area contributed by atoms with Gasteiger partial charge in [-0.25, -0.2) is 0 Å². The van der Waals surface area contributed by atoms with Crippen LogP contribution in [0.5, 0.6) is 17.2 Å². The van der Waals surface area contributed by atoms with Crippen molar-refractivity contribution < 1.29 is 40.1 Å². The van der Waals surface area contributed by atoms with Gasteiger partial charge in [-0.3, -0.25) is 0 Å². The van der Waals surface area contributed by atoms with E-state index in [2.05, 4.69) is 0 Å². The Morgan fingerprint density at radius 1 is 0.950 bits per heavy atom. The van der Waals surface area contributed by atoms with Crippen LogP contribution in [-0.4, -0.2) is 68.0 Å². The Hall–Kier alpha value is -1.58. The highest BCUT2D eigenvalue weighted by Crippen LogP contribution is 2.29. The molecule has 112 valence electrons. The third-order valence-corrected chi connectivity index (χ3v) is 2.98. The summed E-state index contributed by atoms with van der Waals surface area (Å²) in [4.78, 5) is 0. The van der Waals surface area contributed by atoms with E-state index in [0.717, 1.165) is 6.07 Å². The van der Waals surface area contributed by atoms with Crippen LogP contribution in [0.3, 0.4) is 0 Å². The predicted octanol–water partition coefficient (Wildman–Crippen LogP) is -1.72. The molecule has 6 N–H and O–H groups in total. The monoisotopic (exact) mass is 288 g/mol. The molecule has 1 aromatic carbocycles. The van der Waals surface area contributed by atoms with Gasteiger partial charge in [0.1, 0.15) is 41.7 Å². The van der Waals surface area contributed by atoms with E-state index in [1.165, 1.54) is 12.1 Å². The van der Waals surface area contributed by atoms with E-state index in [9.17, 15) is 25.5 Å². The first kappa shape index (κ1) is 14.8. The summed E-state index contributed by atoms with van der Waals surface area (Å²) < 4.78 is 10.3. The second-order valence-electron chi connectivity index (χ2n) is 4.50. The number of hydrogen-bond acceptors (Lipinski definition) is 8. The molecule has 0 aliphatic carbocycles. The molecule has 1 fully saturated rings. The molecule has 0 bridgehead atoms. The number of phenols is 2. The van der Waals surface area contributed by atoms with Crippen LogP contribution < -0.4 is 4.74 Å². The Balaban J connectivity index is 2.15. The minimum Gasteiger partial charge on any atom is -0.508 e. The fourth-order valence-corrected chi connectivity index (χ4v) is 1.93. The summed E-state index contributed by atoms with van der Waals surface area (Å²) >= 11 is 0. The molecule has 0 aromatic heterocycles. The zero-order valence-electron chi connectivity index (χ0n) is 10.3. The third-order valence-electron chi connectivity index (χ3n) is 2.98. The SMILES string of the molecule is OCC1OC(Oc2cc(O)cc(O)c2)[C@@H](O)[C@@H](O)C1O. The summed E-state index contributed by atoms with van der Waals surface area (Å²) in [7, 11) is 0. The van der Waals surface area contributed by atoms with Crippen molar-refractivity contribution in [1.82, 2.24) is 0 Å². The average molecular weight is 288 g/mol. The molecular weight excluding hydrogens is 272 g/mol. The zero-order valence-corrected chi connectivity index (χ0v) is 10.3. The Morgan fingerprint density at radius 3 is 2.10 bits per heavy atom. The zero-order chi connectivity index (χ0) is 14.9. The Labute approximate surface area is 114 Å². The second-order valence-corrected chi connectivity index (χ2v) is 4.50. The van der Waals surface area contributed by atoms with Crippen LogP contribution in [0.15, 0.2) is 18.2 Å². The number of benzene rings is 1. The maximum atomic E-state index is 9.75. The van der Waals surface area contributed by atoms with Crippen LogP contribution >= 0.6 is 0 Å². The summed E-state index contributed by atoms with van der Waals surface area (Å²) in [5, 5.41) is 56.6. The lowest BCUT2D eigenvalue weighted by atomic mass is 9.99. The van der Waals surface area contributed by atoms with Crippen molar-refractivity contribution in [1.29, 1.82) is 0 Å². The quantitative estimate of drug-likeness (QED) is 0.386. The van der Waals surface area contributed by atoms with Crippen molar-refractivity contribution >= 4 is 0 Å². The molecular formula is C12H16O8. The van der Waals surface area contributed by atoms with Gasteiger partial charge in [-0.15, -0.1) is 0 Å². The molecule has 5 atom stereocenters. The van der Waals surface area contributed by atoms with Gasteiger partial charge >= 0.3 is 0 Å². The third kappa shape index (κ3) is 2.94. The van der Waals surface area contributed by atoms with E-state index >= 15 is 0 Å². The van der Waals surface area contributed by atoms with E-state index in [4.69, 9.17) is 14.6 Å². The molecule has 0 spiro atoms. The summed E-state index contributed by atoms with van der Waals surface area (Å²) in [5.41, 5.74) is 0. The number of aliphatic hydroxyl groups is 4. The summed E-state index contributed by atoms with van der Waals surface area (Å²) in [6.07, 6.45) is -7.06. The fourth-order valence-electron chi connectivity index (χ4n) is 1.93. The molecule has 0 amide bonds. The largest absolute Gasteiger partial charge is 0.508 e. The van der Waals surface area contributed by atoms with Crippen molar-refractivity contribution in [2.45, 2.75) is 30.7 Å². The molecule has 2 rings (SSSR count). The molecule has 8 nitrogen and oxygen atoms in total. The molecule has 20 heavy (non-hydrogen) atoms. The molecule has 1 aromatic rings. The maximum Gasteiger partial charge on any atom is 0.229 e. The van der Waals surface area contributed by atoms with Gasteiger partial charge in [-0.05, 0) is 0 Å². The number of phenolic OH excluding ortho intramolecular Hbond substituents is 2. The maximum absolute atomic E-state index is 9.75. The van der Waals surface area contributed by atoms with Crippen LogP contribution in [0.1, 0.15) is 0 Å². The van der Waals surface area contributed by atoms with E-state index in [1.54, 1.807) is 0 Å². The normalized spacial score (nSPS) is 33.9. The first-order valence-corrected chi connectivity index (χ1v) is 5.92. The van der Waals surface area contributed by atoms with Crippen LogP contribution in [0, 0.1) is 0 Å². The number of ether oxygens (including phenoxy) is 2. The van der Waals surface area contributed by atoms with Crippen molar-refractivity contribution in [3.63, 3.8) is 0 Å². The summed E-state index contributed by atoms with van der Waals surface area (Å²) in [6.45, 7) is -0.573. The standard InChI is InChI=1S/C12H16O8/c13-4-8-9(16)10(17)11(18)12(20-8)19-7-2-5(14)1-6(15)3-7/h1-3,8-18H,4H2/t8?,9?,10-,11-,12?/m0/s1. The van der Waals surface area contributed by atoms with Crippen LogP contribution in [0.25, 0.3) is 0 Å². The number of rotatable bonds is 3. The van der Waals surface area contributed by atoms with Crippen LogP contribution in [-0.2, 0) is 4.74 Å². The van der Waals surface area contributed by atoms with E-state index in [-0.39, 0.29) is 17.2 Å². The molecule has 1 aliphatic heterocycles. The minimum absolute atomic E-state index is 0.00757. The Morgan fingerprint density at radius 2 is 1.55 bits per heavy atom. The molecule has 8 heteroatoms. The van der Waals surface area contributed by atoms with Crippen molar-refractivity contribution in [3.05, 3.63) is 18.2 Å². The van der Waals surface area contributed by atoms with Gasteiger partial charge in [0, 0.05) is 18.2 Å². The molecule has 3 unspecified atom stereocenters. The lowest BCUT2D eigenvalue weighted by Crippen LogP contribution is -2.60. The van der Waals surface area contributed by atoms with Crippen molar-refractivity contribution in [3.8, 4) is 17.2 Å². The molecule has 1 heterocycles. The summed E-state index contributed by atoms with van der Waals surface area (Å²) in [5.74, 6) is -0.527. The van der Waals surface area contributed by atoms with E-state index in [1.807, 2.05) is 0 Å². The fraction of sp³-hybridized carbons (Fsp3) is 0.500. The van der Waals surface area contributed by atoms with Gasteiger partial charge in [0.25, 0.3) is 0 Å². The first-order valence-electron chi connectivity index (χ1n) is 5.92. The lowest BCUT2D eigenvalue weighted by molar-refractivity contribution is -0.277. The van der Waals surface area contributed by atoms with Crippen molar-refractivity contribution in [2.24, 2.45) is 0 Å².